The number of thiophene rings is 1. The van der Waals surface area contributed by atoms with E-state index < -0.39 is 11.7 Å². The summed E-state index contributed by atoms with van der Waals surface area (Å²) in [5.74, 6) is -0.907. The third kappa shape index (κ3) is 1.78. The standard InChI is InChI=1S/C13H9FN2OS/c14-9-5-7-18-12(9)13(17)16-11-3-1-2-10-8(11)4-6-15-10/h1-7,15H,(H,16,17). The number of benzene rings is 1. The lowest BCUT2D eigenvalue weighted by Gasteiger charge is -2.05. The molecular formula is C13H9FN2OS. The molecule has 0 bridgehead atoms. The number of nitrogens with one attached hydrogen (secondary N) is 2. The molecule has 90 valence electrons. The first-order valence-corrected chi connectivity index (χ1v) is 6.24. The number of hydrogen-bond acceptors (Lipinski definition) is 2. The first kappa shape index (κ1) is 11.0. The molecule has 0 aliphatic heterocycles. The molecule has 3 rings (SSSR count). The zero-order valence-corrected chi connectivity index (χ0v) is 10.1. The van der Waals surface area contributed by atoms with E-state index in [0.29, 0.717) is 5.69 Å². The molecule has 2 heterocycles. The van der Waals surface area contributed by atoms with E-state index in [9.17, 15) is 9.18 Å². The van der Waals surface area contributed by atoms with E-state index in [-0.39, 0.29) is 4.88 Å². The smallest absolute Gasteiger partial charge is 0.268 e. The number of carbonyl (C=O) groups excluding carboxylic acids is 1. The highest BCUT2D eigenvalue weighted by Gasteiger charge is 2.14. The maximum Gasteiger partial charge on any atom is 0.268 e. The highest BCUT2D eigenvalue weighted by molar-refractivity contribution is 7.12. The van der Waals surface area contributed by atoms with Crippen LogP contribution in [0.3, 0.4) is 0 Å². The second-order valence-electron chi connectivity index (χ2n) is 3.80. The zero-order valence-electron chi connectivity index (χ0n) is 9.24. The Morgan fingerprint density at radius 3 is 2.94 bits per heavy atom. The number of anilines is 1. The minimum absolute atomic E-state index is 0.0996. The van der Waals surface area contributed by atoms with Gasteiger partial charge in [-0.25, -0.2) is 4.39 Å². The number of H-pyrrole nitrogens is 1. The van der Waals surface area contributed by atoms with Gasteiger partial charge in [-0.2, -0.15) is 0 Å². The largest absolute Gasteiger partial charge is 0.361 e. The summed E-state index contributed by atoms with van der Waals surface area (Å²) >= 11 is 1.09. The number of hydrogen-bond donors (Lipinski definition) is 2. The van der Waals surface area contributed by atoms with Crippen molar-refractivity contribution in [3.05, 3.63) is 52.6 Å². The van der Waals surface area contributed by atoms with Crippen molar-refractivity contribution in [1.82, 2.24) is 4.98 Å². The van der Waals surface area contributed by atoms with Crippen LogP contribution >= 0.6 is 11.3 Å². The average Bonchev–Trinajstić information content (AvgIpc) is 2.97. The second-order valence-corrected chi connectivity index (χ2v) is 4.71. The molecule has 1 amide bonds. The SMILES string of the molecule is O=C(Nc1cccc2[nH]ccc12)c1sccc1F. The van der Waals surface area contributed by atoms with Crippen molar-refractivity contribution in [2.24, 2.45) is 0 Å². The first-order chi connectivity index (χ1) is 8.75. The molecule has 3 aromatic rings. The predicted molar refractivity (Wildman–Crippen MR) is 70.5 cm³/mol. The normalized spacial score (nSPS) is 10.7. The van der Waals surface area contributed by atoms with Crippen molar-refractivity contribution in [1.29, 1.82) is 0 Å². The average molecular weight is 260 g/mol. The van der Waals surface area contributed by atoms with Crippen molar-refractivity contribution in [2.75, 3.05) is 5.32 Å². The van der Waals surface area contributed by atoms with Crippen LogP contribution in [-0.4, -0.2) is 10.9 Å². The van der Waals surface area contributed by atoms with E-state index in [1.165, 1.54) is 6.07 Å². The van der Waals surface area contributed by atoms with Gasteiger partial charge in [-0.05, 0) is 29.6 Å². The van der Waals surface area contributed by atoms with E-state index in [4.69, 9.17) is 0 Å². The molecule has 2 aromatic heterocycles. The number of aromatic amines is 1. The summed E-state index contributed by atoms with van der Waals surface area (Å²) in [4.78, 5) is 15.1. The van der Waals surface area contributed by atoms with Gasteiger partial charge in [0, 0.05) is 17.1 Å². The van der Waals surface area contributed by atoms with Crippen LogP contribution in [0.25, 0.3) is 10.9 Å². The van der Waals surface area contributed by atoms with Crippen molar-refractivity contribution in [3.63, 3.8) is 0 Å². The fraction of sp³-hybridized carbons (Fsp3) is 0. The zero-order chi connectivity index (χ0) is 12.5. The van der Waals surface area contributed by atoms with Crippen LogP contribution < -0.4 is 5.32 Å². The van der Waals surface area contributed by atoms with E-state index >= 15 is 0 Å². The molecule has 0 aliphatic carbocycles. The minimum atomic E-state index is -0.487. The predicted octanol–water partition coefficient (Wildman–Crippen LogP) is 3.62. The summed E-state index contributed by atoms with van der Waals surface area (Å²) in [5.41, 5.74) is 1.60. The fourth-order valence-electron chi connectivity index (χ4n) is 1.83. The van der Waals surface area contributed by atoms with E-state index in [2.05, 4.69) is 10.3 Å². The maximum absolute atomic E-state index is 13.3. The fourth-order valence-corrected chi connectivity index (χ4v) is 2.49. The van der Waals surface area contributed by atoms with Crippen molar-refractivity contribution >= 4 is 33.8 Å². The molecule has 0 spiro atoms. The quantitative estimate of drug-likeness (QED) is 0.726. The van der Waals surface area contributed by atoms with E-state index in [1.54, 1.807) is 17.6 Å². The van der Waals surface area contributed by atoms with Gasteiger partial charge in [0.15, 0.2) is 0 Å². The maximum atomic E-state index is 13.3. The van der Waals surface area contributed by atoms with Gasteiger partial charge in [0.1, 0.15) is 10.7 Å². The highest BCUT2D eigenvalue weighted by atomic mass is 32.1. The first-order valence-electron chi connectivity index (χ1n) is 5.36. The molecule has 2 N–H and O–H groups in total. The number of aromatic nitrogens is 1. The molecular weight excluding hydrogens is 251 g/mol. The van der Waals surface area contributed by atoms with Crippen LogP contribution in [0, 0.1) is 5.82 Å². The number of amides is 1. The molecule has 0 unspecified atom stereocenters. The third-order valence-electron chi connectivity index (χ3n) is 2.67. The minimum Gasteiger partial charge on any atom is -0.361 e. The molecule has 0 saturated heterocycles. The number of fused-ring (bicyclic) bond motifs is 1. The van der Waals surface area contributed by atoms with Gasteiger partial charge < -0.3 is 10.3 Å². The molecule has 1 aromatic carbocycles. The van der Waals surface area contributed by atoms with Gasteiger partial charge in [-0.3, -0.25) is 4.79 Å². The molecule has 0 radical (unpaired) electrons. The van der Waals surface area contributed by atoms with Crippen LogP contribution in [-0.2, 0) is 0 Å². The Kier molecular flexibility index (Phi) is 2.60. The molecule has 0 atom stereocenters. The van der Waals surface area contributed by atoms with Crippen molar-refractivity contribution in [3.8, 4) is 0 Å². The van der Waals surface area contributed by atoms with Gasteiger partial charge in [0.05, 0.1) is 5.69 Å². The summed E-state index contributed by atoms with van der Waals surface area (Å²) in [6.07, 6.45) is 1.80. The van der Waals surface area contributed by atoms with Gasteiger partial charge in [-0.15, -0.1) is 11.3 Å². The summed E-state index contributed by atoms with van der Waals surface area (Å²) < 4.78 is 13.3. The van der Waals surface area contributed by atoms with Crippen LogP contribution in [0.1, 0.15) is 9.67 Å². The highest BCUT2D eigenvalue weighted by Crippen LogP contribution is 2.24. The topological polar surface area (TPSA) is 44.9 Å². The van der Waals surface area contributed by atoms with Crippen molar-refractivity contribution < 1.29 is 9.18 Å². The Hall–Kier alpha value is -2.14. The molecule has 5 heteroatoms. The summed E-state index contributed by atoms with van der Waals surface area (Å²) in [6.45, 7) is 0. The molecule has 3 nitrogen and oxygen atoms in total. The number of carbonyl (C=O) groups is 1. The second kappa shape index (κ2) is 4.27. The molecule has 0 saturated carbocycles. The monoisotopic (exact) mass is 260 g/mol. The van der Waals surface area contributed by atoms with Gasteiger partial charge in [0.2, 0.25) is 0 Å². The van der Waals surface area contributed by atoms with Gasteiger partial charge >= 0.3 is 0 Å². The molecule has 0 aliphatic rings. The lowest BCUT2D eigenvalue weighted by Crippen LogP contribution is -2.11. The Labute approximate surface area is 106 Å². The lowest BCUT2D eigenvalue weighted by atomic mass is 10.2. The van der Waals surface area contributed by atoms with Gasteiger partial charge in [0.25, 0.3) is 5.91 Å². The summed E-state index contributed by atoms with van der Waals surface area (Å²) in [5, 5.41) is 5.19. The summed E-state index contributed by atoms with van der Waals surface area (Å²) in [7, 11) is 0. The van der Waals surface area contributed by atoms with E-state index in [1.807, 2.05) is 18.2 Å². The Balaban J connectivity index is 1.95. The van der Waals surface area contributed by atoms with Crippen LogP contribution in [0.5, 0.6) is 0 Å². The Morgan fingerprint density at radius 2 is 2.17 bits per heavy atom. The van der Waals surface area contributed by atoms with Crippen LogP contribution in [0.15, 0.2) is 41.9 Å². The molecule has 0 fully saturated rings. The van der Waals surface area contributed by atoms with Gasteiger partial charge in [-0.1, -0.05) is 6.07 Å². The lowest BCUT2D eigenvalue weighted by molar-refractivity contribution is 0.102. The Morgan fingerprint density at radius 1 is 1.28 bits per heavy atom. The van der Waals surface area contributed by atoms with Crippen LogP contribution in [0.4, 0.5) is 10.1 Å². The third-order valence-corrected chi connectivity index (χ3v) is 3.55. The number of halogens is 1. The van der Waals surface area contributed by atoms with E-state index in [0.717, 1.165) is 22.2 Å². The Bertz CT molecular complexity index is 716. The summed E-state index contributed by atoms with van der Waals surface area (Å²) in [6, 6.07) is 8.70. The van der Waals surface area contributed by atoms with Crippen LogP contribution in [0.2, 0.25) is 0 Å². The number of rotatable bonds is 2. The molecule has 18 heavy (non-hydrogen) atoms. The van der Waals surface area contributed by atoms with Crippen molar-refractivity contribution in [2.45, 2.75) is 0 Å².